The van der Waals surface area contributed by atoms with Gasteiger partial charge in [-0.3, -0.25) is 9.59 Å². The minimum atomic E-state index is -0.462. The molecule has 1 heterocycles. The molecule has 0 aliphatic heterocycles. The van der Waals surface area contributed by atoms with Crippen LogP contribution in [-0.4, -0.2) is 15.7 Å². The fourth-order valence-corrected chi connectivity index (χ4v) is 3.79. The smallest absolute Gasteiger partial charge is 0.280 e. The van der Waals surface area contributed by atoms with E-state index >= 15 is 0 Å². The van der Waals surface area contributed by atoms with Gasteiger partial charge in [-0.05, 0) is 24.1 Å². The van der Waals surface area contributed by atoms with Crippen LogP contribution in [0.3, 0.4) is 0 Å². The zero-order valence-corrected chi connectivity index (χ0v) is 18.3. The second-order valence-corrected chi connectivity index (χ2v) is 7.63. The van der Waals surface area contributed by atoms with E-state index in [2.05, 4.69) is 10.4 Å². The summed E-state index contributed by atoms with van der Waals surface area (Å²) in [5, 5.41) is 8.05. The van der Waals surface area contributed by atoms with E-state index in [1.54, 1.807) is 6.07 Å². The summed E-state index contributed by atoms with van der Waals surface area (Å²) in [4.78, 5) is 26.7. The number of carbonyl (C=O) groups is 1. The Morgan fingerprint density at radius 3 is 2.12 bits per heavy atom. The number of nitrogens with zero attached hydrogens (tertiary/aromatic N) is 2. The lowest BCUT2D eigenvalue weighted by Crippen LogP contribution is -2.35. The van der Waals surface area contributed by atoms with Crippen molar-refractivity contribution in [2.75, 3.05) is 0 Å². The first-order valence-electron chi connectivity index (χ1n) is 10.4. The van der Waals surface area contributed by atoms with Gasteiger partial charge in [-0.1, -0.05) is 90.5 Å². The summed E-state index contributed by atoms with van der Waals surface area (Å²) in [5.41, 5.74) is 3.10. The van der Waals surface area contributed by atoms with E-state index in [0.717, 1.165) is 16.7 Å². The molecule has 1 N–H and O–H groups in total. The van der Waals surface area contributed by atoms with Gasteiger partial charge in [-0.2, -0.15) is 5.10 Å². The number of aromatic nitrogens is 2. The first-order valence-corrected chi connectivity index (χ1v) is 10.8. The van der Waals surface area contributed by atoms with Crippen LogP contribution >= 0.6 is 11.6 Å². The lowest BCUT2D eigenvalue weighted by Gasteiger charge is -2.17. The van der Waals surface area contributed by atoms with Gasteiger partial charge in [-0.25, -0.2) is 4.68 Å². The highest BCUT2D eigenvalue weighted by Gasteiger charge is 2.24. The zero-order valence-electron chi connectivity index (χ0n) is 17.6. The summed E-state index contributed by atoms with van der Waals surface area (Å²) in [6, 6.07) is 26.3. The van der Waals surface area contributed by atoms with Gasteiger partial charge in [0.05, 0.1) is 5.69 Å². The SMILES string of the molecule is CCn1nc(-c2ccccc2)c(-c2ccccc2)c(C(=O)NCc2ccccc2Cl)c1=O. The van der Waals surface area contributed by atoms with Crippen molar-refractivity contribution in [2.45, 2.75) is 20.0 Å². The summed E-state index contributed by atoms with van der Waals surface area (Å²) in [7, 11) is 0. The Balaban J connectivity index is 1.89. The summed E-state index contributed by atoms with van der Waals surface area (Å²) < 4.78 is 1.33. The molecule has 0 spiro atoms. The number of aryl methyl sites for hydroxylation is 1. The van der Waals surface area contributed by atoms with E-state index in [-0.39, 0.29) is 12.1 Å². The van der Waals surface area contributed by atoms with Crippen LogP contribution in [0.15, 0.2) is 89.7 Å². The molecule has 0 bridgehead atoms. The first kappa shape index (κ1) is 21.5. The van der Waals surface area contributed by atoms with Gasteiger partial charge in [0.25, 0.3) is 11.5 Å². The zero-order chi connectivity index (χ0) is 22.5. The van der Waals surface area contributed by atoms with Crippen LogP contribution in [0, 0.1) is 0 Å². The molecule has 160 valence electrons. The highest BCUT2D eigenvalue weighted by Crippen LogP contribution is 2.32. The molecule has 0 aliphatic carbocycles. The maximum atomic E-state index is 13.4. The molecule has 6 heteroatoms. The van der Waals surface area contributed by atoms with Crippen molar-refractivity contribution < 1.29 is 4.79 Å². The molecule has 0 saturated carbocycles. The average Bonchev–Trinajstić information content (AvgIpc) is 2.84. The third-order valence-corrected chi connectivity index (χ3v) is 5.56. The quantitative estimate of drug-likeness (QED) is 0.446. The minimum Gasteiger partial charge on any atom is -0.348 e. The fraction of sp³-hybridized carbons (Fsp3) is 0.115. The van der Waals surface area contributed by atoms with Crippen LogP contribution in [0.5, 0.6) is 0 Å². The number of benzene rings is 3. The van der Waals surface area contributed by atoms with Crippen LogP contribution in [-0.2, 0) is 13.1 Å². The number of rotatable bonds is 6. The highest BCUT2D eigenvalue weighted by molar-refractivity contribution is 6.31. The van der Waals surface area contributed by atoms with Gasteiger partial charge in [0.2, 0.25) is 0 Å². The van der Waals surface area contributed by atoms with E-state index < -0.39 is 11.5 Å². The molecule has 3 aromatic carbocycles. The van der Waals surface area contributed by atoms with Gasteiger partial charge in [0.1, 0.15) is 5.56 Å². The lowest BCUT2D eigenvalue weighted by atomic mass is 9.95. The minimum absolute atomic E-state index is 0.0685. The van der Waals surface area contributed by atoms with Gasteiger partial charge in [0.15, 0.2) is 0 Å². The number of hydrogen-bond donors (Lipinski definition) is 1. The van der Waals surface area contributed by atoms with E-state index in [9.17, 15) is 9.59 Å². The summed E-state index contributed by atoms with van der Waals surface area (Å²) in [5.74, 6) is -0.462. The molecule has 0 unspecified atom stereocenters. The second kappa shape index (κ2) is 9.62. The Hall–Kier alpha value is -3.70. The van der Waals surface area contributed by atoms with Crippen LogP contribution < -0.4 is 10.9 Å². The number of carbonyl (C=O) groups excluding carboxylic acids is 1. The Morgan fingerprint density at radius 1 is 0.906 bits per heavy atom. The fourth-order valence-electron chi connectivity index (χ4n) is 3.59. The molecule has 4 aromatic rings. The largest absolute Gasteiger partial charge is 0.348 e. The van der Waals surface area contributed by atoms with Gasteiger partial charge in [-0.15, -0.1) is 0 Å². The molecular formula is C26H22ClN3O2. The average molecular weight is 444 g/mol. The highest BCUT2D eigenvalue weighted by atomic mass is 35.5. The predicted octanol–water partition coefficient (Wildman–Crippen LogP) is 5.18. The maximum Gasteiger partial charge on any atom is 0.280 e. The van der Waals surface area contributed by atoms with Gasteiger partial charge in [0, 0.05) is 29.2 Å². The normalized spacial score (nSPS) is 10.7. The van der Waals surface area contributed by atoms with Gasteiger partial charge >= 0.3 is 0 Å². The molecule has 0 fully saturated rings. The van der Waals surface area contributed by atoms with Crippen molar-refractivity contribution in [2.24, 2.45) is 0 Å². The molecule has 0 saturated heterocycles. The van der Waals surface area contributed by atoms with Gasteiger partial charge < -0.3 is 5.32 Å². The van der Waals surface area contributed by atoms with E-state index in [0.29, 0.717) is 22.8 Å². The Morgan fingerprint density at radius 2 is 1.50 bits per heavy atom. The standard InChI is InChI=1S/C26H22ClN3O2/c1-2-30-26(32)23(25(31)28-17-20-15-9-10-16-21(20)27)22(18-11-5-3-6-12-18)24(29-30)19-13-7-4-8-14-19/h3-16H,2,17H2,1H3,(H,28,31). The molecule has 1 amide bonds. The van der Waals surface area contributed by atoms with E-state index in [1.165, 1.54) is 4.68 Å². The number of halogens is 1. The van der Waals surface area contributed by atoms with E-state index in [1.807, 2.05) is 85.8 Å². The van der Waals surface area contributed by atoms with Crippen LogP contribution in [0.1, 0.15) is 22.8 Å². The van der Waals surface area contributed by atoms with Crippen molar-refractivity contribution >= 4 is 17.5 Å². The second-order valence-electron chi connectivity index (χ2n) is 7.23. The predicted molar refractivity (Wildman–Crippen MR) is 128 cm³/mol. The monoisotopic (exact) mass is 443 g/mol. The molecule has 0 atom stereocenters. The molecule has 4 rings (SSSR count). The summed E-state index contributed by atoms with van der Waals surface area (Å²) in [6.45, 7) is 2.39. The Kier molecular flexibility index (Phi) is 6.47. The van der Waals surface area contributed by atoms with Crippen molar-refractivity contribution in [3.05, 3.63) is 111 Å². The van der Waals surface area contributed by atoms with Crippen molar-refractivity contribution in [3.8, 4) is 22.4 Å². The lowest BCUT2D eigenvalue weighted by molar-refractivity contribution is 0.0949. The van der Waals surface area contributed by atoms with Crippen LogP contribution in [0.25, 0.3) is 22.4 Å². The van der Waals surface area contributed by atoms with Crippen molar-refractivity contribution in [3.63, 3.8) is 0 Å². The van der Waals surface area contributed by atoms with Crippen LogP contribution in [0.4, 0.5) is 0 Å². The topological polar surface area (TPSA) is 64.0 Å². The first-order chi connectivity index (χ1) is 15.6. The number of amides is 1. The third-order valence-electron chi connectivity index (χ3n) is 5.19. The van der Waals surface area contributed by atoms with Crippen LogP contribution in [0.2, 0.25) is 5.02 Å². The molecule has 0 radical (unpaired) electrons. The molecular weight excluding hydrogens is 422 g/mol. The Bertz CT molecular complexity index is 1300. The summed E-state index contributed by atoms with van der Waals surface area (Å²) in [6.07, 6.45) is 0. The summed E-state index contributed by atoms with van der Waals surface area (Å²) >= 11 is 6.24. The number of hydrogen-bond acceptors (Lipinski definition) is 3. The third kappa shape index (κ3) is 4.34. The molecule has 1 aromatic heterocycles. The molecule has 32 heavy (non-hydrogen) atoms. The maximum absolute atomic E-state index is 13.4. The Labute approximate surface area is 191 Å². The van der Waals surface area contributed by atoms with E-state index in [4.69, 9.17) is 11.6 Å². The molecule has 0 aliphatic rings. The number of nitrogens with one attached hydrogen (secondary N) is 1. The molecule has 5 nitrogen and oxygen atoms in total. The van der Waals surface area contributed by atoms with Crippen molar-refractivity contribution in [1.29, 1.82) is 0 Å². The van der Waals surface area contributed by atoms with Crippen molar-refractivity contribution in [1.82, 2.24) is 15.1 Å².